The number of benzene rings is 2. The highest BCUT2D eigenvalue weighted by atomic mass is 32.1. The van der Waals surface area contributed by atoms with Crippen LogP contribution in [0.5, 0.6) is 0 Å². The molecule has 2 N–H and O–H groups in total. The Hall–Kier alpha value is -2.83. The minimum Gasteiger partial charge on any atom is -0.306 e. The molecule has 1 aliphatic carbocycles. The van der Waals surface area contributed by atoms with Gasteiger partial charge in [-0.1, -0.05) is 79.9 Å². The third kappa shape index (κ3) is 5.71. The summed E-state index contributed by atoms with van der Waals surface area (Å²) in [4.78, 5) is 32.7. The van der Waals surface area contributed by atoms with Gasteiger partial charge in [0.25, 0.3) is 0 Å². The summed E-state index contributed by atoms with van der Waals surface area (Å²) in [6.07, 6.45) is 7.90. The van der Waals surface area contributed by atoms with E-state index in [2.05, 4.69) is 47.0 Å². The van der Waals surface area contributed by atoms with E-state index in [1.165, 1.54) is 5.56 Å². The largest absolute Gasteiger partial charge is 0.306 e. The van der Waals surface area contributed by atoms with Gasteiger partial charge in [-0.3, -0.25) is 14.9 Å². The van der Waals surface area contributed by atoms with Gasteiger partial charge in [0.1, 0.15) is 5.01 Å². The molecule has 1 aliphatic heterocycles. The molecule has 1 saturated carbocycles. The van der Waals surface area contributed by atoms with Gasteiger partial charge in [0.2, 0.25) is 11.8 Å². The zero-order chi connectivity index (χ0) is 24.0. The lowest BCUT2D eigenvalue weighted by molar-refractivity contribution is -0.133. The number of carbonyl (C=O) groups excluding carboxylic acids is 2. The molecular weight excluding hydrogens is 454 g/mol. The molecule has 3 aromatic rings. The predicted octanol–water partition coefficient (Wildman–Crippen LogP) is 5.46. The molecule has 2 fully saturated rings. The van der Waals surface area contributed by atoms with Gasteiger partial charge in [0.05, 0.1) is 17.7 Å². The van der Waals surface area contributed by atoms with E-state index in [-0.39, 0.29) is 29.7 Å². The molecule has 1 saturated heterocycles. The van der Waals surface area contributed by atoms with E-state index in [0.29, 0.717) is 0 Å². The van der Waals surface area contributed by atoms with Crippen molar-refractivity contribution >= 4 is 23.2 Å². The van der Waals surface area contributed by atoms with Crippen LogP contribution >= 0.6 is 11.3 Å². The molecule has 182 valence electrons. The Kier molecular flexibility index (Phi) is 7.69. The highest BCUT2D eigenvalue weighted by molar-refractivity contribution is 7.12. The fourth-order valence-electron chi connectivity index (χ4n) is 5.41. The summed E-state index contributed by atoms with van der Waals surface area (Å²) in [5.74, 6) is -0.542. The topological polar surface area (TPSA) is 71.1 Å². The average Bonchev–Trinajstić information content (AvgIpc) is 3.57. The number of nitrogens with zero attached hydrogens (tertiary/aromatic N) is 1. The molecular formula is C29H33N3O2S. The Morgan fingerprint density at radius 3 is 2.31 bits per heavy atom. The van der Waals surface area contributed by atoms with Crippen LogP contribution in [0.1, 0.15) is 66.3 Å². The van der Waals surface area contributed by atoms with E-state index in [1.54, 1.807) is 11.3 Å². The number of imide groups is 1. The highest BCUT2D eigenvalue weighted by Crippen LogP contribution is 2.42. The maximum Gasteiger partial charge on any atom is 0.243 e. The Balaban J connectivity index is 1.47. The number of carbonyl (C=O) groups is 2. The van der Waals surface area contributed by atoms with Gasteiger partial charge >= 0.3 is 0 Å². The second-order valence-electron chi connectivity index (χ2n) is 9.73. The quantitative estimate of drug-likeness (QED) is 0.464. The van der Waals surface area contributed by atoms with Crippen molar-refractivity contribution < 1.29 is 9.59 Å². The molecule has 0 spiro atoms. The number of rotatable bonds is 7. The Morgan fingerprint density at radius 1 is 0.943 bits per heavy atom. The van der Waals surface area contributed by atoms with Crippen molar-refractivity contribution in [2.24, 2.45) is 5.92 Å². The lowest BCUT2D eigenvalue weighted by Crippen LogP contribution is -2.49. The van der Waals surface area contributed by atoms with Crippen molar-refractivity contribution in [3.63, 3.8) is 0 Å². The average molecular weight is 488 g/mol. The molecule has 1 aromatic heterocycles. The summed E-state index contributed by atoms with van der Waals surface area (Å²) < 4.78 is 0. The molecule has 6 heteroatoms. The Bertz CT molecular complexity index is 1130. The molecule has 2 aliphatic rings. The summed E-state index contributed by atoms with van der Waals surface area (Å²) in [5.41, 5.74) is 3.24. The van der Waals surface area contributed by atoms with Gasteiger partial charge in [-0.05, 0) is 43.7 Å². The van der Waals surface area contributed by atoms with Gasteiger partial charge in [0, 0.05) is 16.9 Å². The second kappa shape index (κ2) is 11.3. The van der Waals surface area contributed by atoms with Crippen molar-refractivity contribution in [2.75, 3.05) is 6.54 Å². The van der Waals surface area contributed by atoms with E-state index in [0.717, 1.165) is 79.1 Å². The Morgan fingerprint density at radius 2 is 1.63 bits per heavy atom. The van der Waals surface area contributed by atoms with Crippen LogP contribution in [0.3, 0.4) is 0 Å². The van der Waals surface area contributed by atoms with Crippen molar-refractivity contribution in [3.05, 3.63) is 76.1 Å². The molecule has 0 unspecified atom stereocenters. The van der Waals surface area contributed by atoms with Gasteiger partial charge < -0.3 is 5.32 Å². The summed E-state index contributed by atoms with van der Waals surface area (Å²) in [6.45, 7) is 0.827. The maximum absolute atomic E-state index is 13.6. The first-order chi connectivity index (χ1) is 17.2. The third-order valence-electron chi connectivity index (χ3n) is 7.26. The zero-order valence-electron chi connectivity index (χ0n) is 20.0. The van der Waals surface area contributed by atoms with Crippen molar-refractivity contribution in [2.45, 2.75) is 63.3 Å². The van der Waals surface area contributed by atoms with Crippen molar-refractivity contribution in [1.82, 2.24) is 15.6 Å². The molecule has 0 bridgehead atoms. The summed E-state index contributed by atoms with van der Waals surface area (Å²) >= 11 is 1.64. The van der Waals surface area contributed by atoms with Crippen LogP contribution in [0, 0.1) is 5.92 Å². The van der Waals surface area contributed by atoms with E-state index in [1.807, 2.05) is 24.3 Å². The number of piperidine rings is 1. The van der Waals surface area contributed by atoms with E-state index in [9.17, 15) is 9.59 Å². The van der Waals surface area contributed by atoms with Gasteiger partial charge in [0.15, 0.2) is 0 Å². The number of hydrogen-bond acceptors (Lipinski definition) is 5. The fraction of sp³-hybridized carbons (Fsp3) is 0.414. The SMILES string of the molecule is O=C(NC(=O)[C@@H](c1nc(-c2ccccc2)c(Cc2ccccc2)s1)C1CCCC1)[C@H]1CCCCN1. The van der Waals surface area contributed by atoms with Gasteiger partial charge in [-0.15, -0.1) is 11.3 Å². The number of aromatic nitrogens is 1. The molecule has 2 atom stereocenters. The first kappa shape index (κ1) is 23.9. The number of nitrogens with one attached hydrogen (secondary N) is 2. The molecule has 35 heavy (non-hydrogen) atoms. The molecule has 2 heterocycles. The van der Waals surface area contributed by atoms with Crippen LogP contribution in [-0.2, 0) is 16.0 Å². The summed E-state index contributed by atoms with van der Waals surface area (Å²) in [7, 11) is 0. The minimum absolute atomic E-state index is 0.186. The maximum atomic E-state index is 13.6. The first-order valence-electron chi connectivity index (χ1n) is 12.9. The lowest BCUT2D eigenvalue weighted by Gasteiger charge is -2.24. The highest BCUT2D eigenvalue weighted by Gasteiger charge is 2.37. The van der Waals surface area contributed by atoms with E-state index in [4.69, 9.17) is 4.98 Å². The van der Waals surface area contributed by atoms with Crippen LogP contribution in [0.15, 0.2) is 60.7 Å². The summed E-state index contributed by atoms with van der Waals surface area (Å²) in [5, 5.41) is 6.86. The van der Waals surface area contributed by atoms with Crippen LogP contribution < -0.4 is 10.6 Å². The molecule has 0 radical (unpaired) electrons. The molecule has 2 amide bonds. The molecule has 5 nitrogen and oxygen atoms in total. The zero-order valence-corrected chi connectivity index (χ0v) is 20.9. The number of hydrogen-bond donors (Lipinski definition) is 2. The van der Waals surface area contributed by atoms with Gasteiger partial charge in [-0.2, -0.15) is 0 Å². The minimum atomic E-state index is -0.387. The lowest BCUT2D eigenvalue weighted by atomic mass is 9.90. The normalized spacial score (nSPS) is 19.4. The third-order valence-corrected chi connectivity index (χ3v) is 8.40. The fourth-order valence-corrected chi connectivity index (χ4v) is 6.72. The summed E-state index contributed by atoms with van der Waals surface area (Å²) in [6, 6.07) is 20.3. The van der Waals surface area contributed by atoms with Crippen molar-refractivity contribution in [1.29, 1.82) is 0 Å². The van der Waals surface area contributed by atoms with E-state index >= 15 is 0 Å². The Labute approximate surface area is 211 Å². The van der Waals surface area contributed by atoms with Gasteiger partial charge in [-0.25, -0.2) is 4.98 Å². The van der Waals surface area contributed by atoms with Crippen LogP contribution in [0.2, 0.25) is 0 Å². The molecule has 5 rings (SSSR count). The second-order valence-corrected chi connectivity index (χ2v) is 10.8. The van der Waals surface area contributed by atoms with Crippen molar-refractivity contribution in [3.8, 4) is 11.3 Å². The predicted molar refractivity (Wildman–Crippen MR) is 140 cm³/mol. The molecule has 2 aromatic carbocycles. The number of amides is 2. The van der Waals surface area contributed by atoms with E-state index < -0.39 is 0 Å². The smallest absolute Gasteiger partial charge is 0.243 e. The van der Waals surface area contributed by atoms with Crippen LogP contribution in [0.25, 0.3) is 11.3 Å². The van der Waals surface area contributed by atoms with Crippen LogP contribution in [0.4, 0.5) is 0 Å². The first-order valence-corrected chi connectivity index (χ1v) is 13.7. The van der Waals surface area contributed by atoms with Crippen LogP contribution in [-0.4, -0.2) is 29.4 Å². The number of thiazole rings is 1. The monoisotopic (exact) mass is 487 g/mol. The standard InChI is InChI=1S/C29H33N3O2S/c33-27(23-17-9-10-18-30-23)32-28(34)25(21-13-7-8-14-21)29-31-26(22-15-5-2-6-16-22)24(35-29)19-20-11-3-1-4-12-20/h1-6,11-12,15-16,21,23,25,30H,7-10,13-14,17-19H2,(H,32,33,34)/t23-,25+/m1/s1.